The number of carbonyl (C=O) groups excluding carboxylic acids is 1. The van der Waals surface area contributed by atoms with E-state index in [0.29, 0.717) is 38.1 Å². The van der Waals surface area contributed by atoms with Gasteiger partial charge in [0.15, 0.2) is 5.78 Å². The predicted molar refractivity (Wildman–Crippen MR) is 163 cm³/mol. The summed E-state index contributed by atoms with van der Waals surface area (Å²) >= 11 is 0. The van der Waals surface area contributed by atoms with Crippen LogP contribution < -0.4 is 0 Å². The Kier molecular flexibility index (Phi) is 9.21. The Morgan fingerprint density at radius 1 is 1.07 bits per heavy atom. The number of likely N-dealkylation sites (N-methyl/N-ethyl adjacent to an activating group) is 1. The van der Waals surface area contributed by atoms with Crippen molar-refractivity contribution in [1.29, 1.82) is 0 Å². The van der Waals surface area contributed by atoms with Crippen molar-refractivity contribution in [2.75, 3.05) is 33.9 Å². The first kappa shape index (κ1) is 32.0. The second-order valence-electron chi connectivity index (χ2n) is 15.6. The average Bonchev–Trinajstić information content (AvgIpc) is 3.48. The molecule has 1 saturated heterocycles. The number of nitrogens with zero attached hydrogens (tertiary/aromatic N) is 1. The fraction of sp³-hybridized carbons (Fsp3) is 0.857. The van der Waals surface area contributed by atoms with E-state index >= 15 is 0 Å². The van der Waals surface area contributed by atoms with Crippen molar-refractivity contribution in [2.24, 2.45) is 58.7 Å². The van der Waals surface area contributed by atoms with Gasteiger partial charge in [-0.1, -0.05) is 32.3 Å². The van der Waals surface area contributed by atoms with Crippen LogP contribution >= 0.6 is 0 Å². The molecule has 4 saturated carbocycles. The summed E-state index contributed by atoms with van der Waals surface area (Å²) in [4.78, 5) is 40.9. The van der Waals surface area contributed by atoms with Crippen molar-refractivity contribution in [3.63, 3.8) is 0 Å². The fourth-order valence-electron chi connectivity index (χ4n) is 11.1. The van der Waals surface area contributed by atoms with Crippen LogP contribution in [0.25, 0.3) is 0 Å². The summed E-state index contributed by atoms with van der Waals surface area (Å²) in [5.41, 5.74) is 0.581. The third kappa shape index (κ3) is 5.63. The first-order valence-corrected chi connectivity index (χ1v) is 17.3. The van der Waals surface area contributed by atoms with Gasteiger partial charge in [-0.25, -0.2) is 4.79 Å². The minimum Gasteiger partial charge on any atom is -0.481 e. The van der Waals surface area contributed by atoms with Crippen molar-refractivity contribution in [1.82, 2.24) is 4.90 Å². The van der Waals surface area contributed by atoms with Crippen LogP contribution in [-0.2, 0) is 23.8 Å². The average molecular weight is 616 g/mol. The van der Waals surface area contributed by atoms with Crippen LogP contribution in [0.3, 0.4) is 0 Å². The summed E-state index contributed by atoms with van der Waals surface area (Å²) in [5, 5.41) is 20.2. The van der Waals surface area contributed by atoms with Gasteiger partial charge < -0.3 is 29.3 Å². The van der Waals surface area contributed by atoms with Gasteiger partial charge in [-0.2, -0.15) is 0 Å². The number of fused-ring (bicyclic) bond motifs is 3. The van der Waals surface area contributed by atoms with Crippen LogP contribution in [0.15, 0.2) is 11.6 Å². The molecule has 5 aliphatic carbocycles. The maximum Gasteiger partial charge on any atom is 0.506 e. The lowest BCUT2D eigenvalue weighted by Gasteiger charge is -2.62. The molecule has 0 aromatic heterocycles. The number of allylic oxidation sites excluding steroid dienone is 1. The van der Waals surface area contributed by atoms with Crippen LogP contribution in [0.1, 0.15) is 78.1 Å². The maximum absolute atomic E-state index is 14.0. The summed E-state index contributed by atoms with van der Waals surface area (Å²) in [7, 11) is 4.19. The van der Waals surface area contributed by atoms with E-state index in [1.807, 2.05) is 0 Å². The Morgan fingerprint density at radius 2 is 1.82 bits per heavy atom. The molecule has 0 amide bonds. The van der Waals surface area contributed by atoms with E-state index in [1.54, 1.807) is 6.08 Å². The number of ether oxygens (including phenoxy) is 3. The highest BCUT2D eigenvalue weighted by Crippen LogP contribution is 2.64. The molecule has 9 heteroatoms. The summed E-state index contributed by atoms with van der Waals surface area (Å²) in [6.07, 6.45) is 9.12. The zero-order chi connectivity index (χ0) is 31.3. The summed E-state index contributed by atoms with van der Waals surface area (Å²) in [5.74, 6) is -0.784. The van der Waals surface area contributed by atoms with E-state index in [0.717, 1.165) is 37.7 Å². The number of hydrogen-bond acceptors (Lipinski definition) is 7. The molecule has 1 heterocycles. The molecule has 0 aromatic carbocycles. The molecule has 7 unspecified atom stereocenters. The standard InChI is InChI=1S/C35H53NO8/c1-19(2)13-21-9-10-23-22-11-12-25-24-16-42-18-35(25,26(22)14-28(37)31(23)30(21)33(38)39)15-29(44-34(40)41)32(24)43-17-27(36(3)4)20-7-5-6-8-20/h14,19-25,27,29-32H,5-13,15-18H2,1-4H3,(H,38,39)(H,40,41)/t21?,22?,23?,24?,25?,27?,29-,30-,31?,32-,35-/m1/s1. The zero-order valence-electron chi connectivity index (χ0n) is 27.0. The highest BCUT2D eigenvalue weighted by Gasteiger charge is 2.64. The van der Waals surface area contributed by atoms with Gasteiger partial charge in [0.2, 0.25) is 0 Å². The molecule has 2 N–H and O–H groups in total. The number of carboxylic acid groups (broad SMARTS) is 2. The lowest BCUT2D eigenvalue weighted by molar-refractivity contribution is -0.220. The molecule has 6 rings (SSSR count). The molecular weight excluding hydrogens is 562 g/mol. The first-order chi connectivity index (χ1) is 21.0. The molecule has 6 aliphatic rings. The van der Waals surface area contributed by atoms with Crippen LogP contribution in [0.4, 0.5) is 4.79 Å². The number of hydrogen-bond donors (Lipinski definition) is 2. The largest absolute Gasteiger partial charge is 0.506 e. The van der Waals surface area contributed by atoms with Crippen molar-refractivity contribution in [3.8, 4) is 0 Å². The van der Waals surface area contributed by atoms with Crippen molar-refractivity contribution < 1.29 is 38.8 Å². The normalized spacial score (nSPS) is 41.0. The molecule has 0 radical (unpaired) electrons. The Bertz CT molecular complexity index is 1130. The van der Waals surface area contributed by atoms with Gasteiger partial charge in [0.25, 0.3) is 0 Å². The van der Waals surface area contributed by atoms with E-state index in [-0.39, 0.29) is 41.4 Å². The Balaban J connectivity index is 1.30. The number of carbonyl (C=O) groups is 3. The van der Waals surface area contributed by atoms with Crippen LogP contribution in [-0.4, -0.2) is 85.2 Å². The summed E-state index contributed by atoms with van der Waals surface area (Å²) in [6.45, 7) is 5.70. The Morgan fingerprint density at radius 3 is 2.48 bits per heavy atom. The van der Waals surface area contributed by atoms with Crippen molar-refractivity contribution in [3.05, 3.63) is 11.6 Å². The van der Waals surface area contributed by atoms with Crippen LogP contribution in [0.2, 0.25) is 0 Å². The Hall–Kier alpha value is -1.97. The van der Waals surface area contributed by atoms with Gasteiger partial charge in [0, 0.05) is 23.3 Å². The highest BCUT2D eigenvalue weighted by atomic mass is 16.7. The molecule has 44 heavy (non-hydrogen) atoms. The fourth-order valence-corrected chi connectivity index (χ4v) is 11.1. The second kappa shape index (κ2) is 12.7. The number of ketones is 1. The smallest absolute Gasteiger partial charge is 0.481 e. The van der Waals surface area contributed by atoms with E-state index < -0.39 is 41.6 Å². The van der Waals surface area contributed by atoms with Gasteiger partial charge in [0.05, 0.1) is 31.8 Å². The number of rotatable bonds is 9. The van der Waals surface area contributed by atoms with Crippen molar-refractivity contribution in [2.45, 2.75) is 96.3 Å². The predicted octanol–water partition coefficient (Wildman–Crippen LogP) is 5.52. The molecule has 9 nitrogen and oxygen atoms in total. The molecule has 1 aliphatic heterocycles. The third-order valence-electron chi connectivity index (χ3n) is 12.8. The highest BCUT2D eigenvalue weighted by molar-refractivity contribution is 5.97. The topological polar surface area (TPSA) is 123 Å². The quantitative estimate of drug-likeness (QED) is 0.323. The van der Waals surface area contributed by atoms with E-state index in [9.17, 15) is 24.6 Å². The summed E-state index contributed by atoms with van der Waals surface area (Å²) in [6, 6.07) is 0.263. The van der Waals surface area contributed by atoms with E-state index in [4.69, 9.17) is 14.2 Å². The lowest BCUT2D eigenvalue weighted by Crippen LogP contribution is -2.64. The molecule has 11 atom stereocenters. The summed E-state index contributed by atoms with van der Waals surface area (Å²) < 4.78 is 18.7. The molecule has 246 valence electrons. The van der Waals surface area contributed by atoms with Crippen LogP contribution in [0, 0.1) is 58.7 Å². The molecule has 5 fully saturated rings. The SMILES string of the molecule is CC(C)CC1CCC2C3CCC4C5COC[C@@]4(C[C@@H](OC(=O)O)[C@@H]5OCC(C4CCCC4)N(C)C)C3=CC(=O)C2[C@@H]1C(=O)O. The third-order valence-corrected chi connectivity index (χ3v) is 12.8. The van der Waals surface area contributed by atoms with Crippen LogP contribution in [0.5, 0.6) is 0 Å². The van der Waals surface area contributed by atoms with Crippen molar-refractivity contribution >= 4 is 17.9 Å². The van der Waals surface area contributed by atoms with Gasteiger partial charge in [0.1, 0.15) is 6.10 Å². The second-order valence-corrected chi connectivity index (χ2v) is 15.6. The van der Waals surface area contributed by atoms with Gasteiger partial charge in [-0.05, 0) is 107 Å². The minimum absolute atomic E-state index is 0.00258. The zero-order valence-corrected chi connectivity index (χ0v) is 27.0. The number of aliphatic carboxylic acids is 1. The van der Waals surface area contributed by atoms with Gasteiger partial charge in [-0.15, -0.1) is 0 Å². The molecule has 0 aromatic rings. The maximum atomic E-state index is 14.0. The minimum atomic E-state index is -1.30. The molecule has 2 bridgehead atoms. The monoisotopic (exact) mass is 615 g/mol. The number of carboxylic acids is 1. The Labute approximate surface area is 262 Å². The molecule has 0 spiro atoms. The molecular formula is C35H53NO8. The van der Waals surface area contributed by atoms with E-state index in [1.165, 1.54) is 25.7 Å². The first-order valence-electron chi connectivity index (χ1n) is 17.3. The lowest BCUT2D eigenvalue weighted by atomic mass is 9.45. The van der Waals surface area contributed by atoms with Gasteiger partial charge >= 0.3 is 12.1 Å². The van der Waals surface area contributed by atoms with Gasteiger partial charge in [-0.3, -0.25) is 9.59 Å². The van der Waals surface area contributed by atoms with E-state index in [2.05, 4.69) is 32.8 Å².